The van der Waals surface area contributed by atoms with Crippen molar-refractivity contribution in [2.45, 2.75) is 18.9 Å². The van der Waals surface area contributed by atoms with E-state index in [1.807, 2.05) is 24.3 Å². The van der Waals surface area contributed by atoms with E-state index in [9.17, 15) is 14.8 Å². The lowest BCUT2D eigenvalue weighted by atomic mass is 9.77. The maximum atomic E-state index is 14.0. The minimum absolute atomic E-state index is 0.165. The van der Waals surface area contributed by atoms with E-state index < -0.39 is 17.3 Å². The van der Waals surface area contributed by atoms with Crippen molar-refractivity contribution in [2.24, 2.45) is 5.41 Å². The zero-order valence-electron chi connectivity index (χ0n) is 11.2. The Morgan fingerprint density at radius 3 is 2.38 bits per heavy atom. The first-order chi connectivity index (χ1) is 10.1. The van der Waals surface area contributed by atoms with Gasteiger partial charge in [0.15, 0.2) is 0 Å². The highest BCUT2D eigenvalue weighted by molar-refractivity contribution is 9.10. The Morgan fingerprint density at radius 1 is 1.19 bits per heavy atom. The third-order valence-electron chi connectivity index (χ3n) is 4.13. The quantitative estimate of drug-likeness (QED) is 0.896. The Kier molecular flexibility index (Phi) is 3.56. The topological polar surface area (TPSA) is 44.0 Å². The molecule has 1 N–H and O–H groups in total. The van der Waals surface area contributed by atoms with E-state index in [2.05, 4.69) is 22.0 Å². The van der Waals surface area contributed by atoms with Crippen LogP contribution in [0.3, 0.4) is 0 Å². The van der Waals surface area contributed by atoms with Crippen LogP contribution in [-0.2, 0) is 12.8 Å². The third-order valence-corrected chi connectivity index (χ3v) is 4.62. The maximum Gasteiger partial charge on any atom is 0.129 e. The van der Waals surface area contributed by atoms with Gasteiger partial charge in [0, 0.05) is 10.0 Å². The first-order valence-corrected chi connectivity index (χ1v) is 7.46. The molecule has 2 aromatic carbocycles. The van der Waals surface area contributed by atoms with E-state index in [4.69, 9.17) is 0 Å². The van der Waals surface area contributed by atoms with Crippen LogP contribution in [0.5, 0.6) is 0 Å². The van der Waals surface area contributed by atoms with Crippen LogP contribution in [0.4, 0.5) is 4.39 Å². The molecule has 0 saturated heterocycles. The van der Waals surface area contributed by atoms with Crippen molar-refractivity contribution in [1.29, 1.82) is 5.26 Å². The van der Waals surface area contributed by atoms with Gasteiger partial charge in [-0.25, -0.2) is 4.39 Å². The van der Waals surface area contributed by atoms with E-state index in [0.29, 0.717) is 17.3 Å². The van der Waals surface area contributed by atoms with Gasteiger partial charge >= 0.3 is 0 Å². The molecule has 0 fully saturated rings. The number of nitriles is 1. The number of fused-ring (bicyclic) bond motifs is 1. The molecule has 1 unspecified atom stereocenters. The average molecular weight is 346 g/mol. The number of rotatable bonds is 2. The summed E-state index contributed by atoms with van der Waals surface area (Å²) in [5.74, 6) is -0.490. The molecule has 1 atom stereocenters. The highest BCUT2D eigenvalue weighted by Crippen LogP contribution is 2.46. The van der Waals surface area contributed by atoms with Crippen LogP contribution in [0.1, 0.15) is 22.8 Å². The van der Waals surface area contributed by atoms with Crippen molar-refractivity contribution in [3.63, 3.8) is 0 Å². The number of halogens is 2. The molecule has 1 aliphatic rings. The maximum absolute atomic E-state index is 14.0. The van der Waals surface area contributed by atoms with Gasteiger partial charge in [-0.2, -0.15) is 5.26 Å². The third kappa shape index (κ3) is 2.37. The lowest BCUT2D eigenvalue weighted by molar-refractivity contribution is 0.0660. The fourth-order valence-electron chi connectivity index (χ4n) is 3.00. The van der Waals surface area contributed by atoms with Crippen molar-refractivity contribution >= 4 is 15.9 Å². The molecular formula is C17H13BrFNO. The van der Waals surface area contributed by atoms with E-state index in [1.54, 1.807) is 12.1 Å². The molecule has 0 bridgehead atoms. The molecule has 2 nitrogen and oxygen atoms in total. The molecular weight excluding hydrogens is 333 g/mol. The molecule has 0 aromatic heterocycles. The predicted molar refractivity (Wildman–Crippen MR) is 81.0 cm³/mol. The molecule has 0 spiro atoms. The smallest absolute Gasteiger partial charge is 0.129 e. The standard InChI is InChI=1S/C17H13BrFNO/c18-13-5-6-15(19)14(7-13)16(21)17(10-20)8-11-3-1-2-4-12(11)9-17/h1-7,16,21H,8-9H2. The highest BCUT2D eigenvalue weighted by Gasteiger charge is 2.45. The molecule has 4 heteroatoms. The van der Waals surface area contributed by atoms with Gasteiger partial charge in [-0.3, -0.25) is 0 Å². The number of aliphatic hydroxyl groups excluding tert-OH is 1. The van der Waals surface area contributed by atoms with Crippen LogP contribution < -0.4 is 0 Å². The van der Waals surface area contributed by atoms with Crippen molar-refractivity contribution in [3.8, 4) is 6.07 Å². The molecule has 2 aromatic rings. The Labute approximate surface area is 131 Å². The fraction of sp³-hybridized carbons (Fsp3) is 0.235. The van der Waals surface area contributed by atoms with Gasteiger partial charge in [-0.1, -0.05) is 40.2 Å². The summed E-state index contributed by atoms with van der Waals surface area (Å²) < 4.78 is 14.7. The second kappa shape index (κ2) is 5.25. The lowest BCUT2D eigenvalue weighted by Crippen LogP contribution is -2.29. The summed E-state index contributed by atoms with van der Waals surface area (Å²) in [6.07, 6.45) is -0.285. The normalized spacial score (nSPS) is 17.0. The van der Waals surface area contributed by atoms with Crippen LogP contribution in [-0.4, -0.2) is 5.11 Å². The first kappa shape index (κ1) is 14.2. The summed E-state index contributed by atoms with van der Waals surface area (Å²) in [6.45, 7) is 0. The van der Waals surface area contributed by atoms with Crippen molar-refractivity contribution in [3.05, 3.63) is 69.4 Å². The van der Waals surface area contributed by atoms with Gasteiger partial charge in [0.25, 0.3) is 0 Å². The molecule has 0 aliphatic heterocycles. The first-order valence-electron chi connectivity index (χ1n) is 6.67. The van der Waals surface area contributed by atoms with Crippen LogP contribution in [0.15, 0.2) is 46.9 Å². The number of aliphatic hydroxyl groups is 1. The number of nitrogens with zero attached hydrogens (tertiary/aromatic N) is 1. The van der Waals surface area contributed by atoms with E-state index >= 15 is 0 Å². The summed E-state index contributed by atoms with van der Waals surface area (Å²) in [5.41, 5.74) is 1.26. The molecule has 0 heterocycles. The molecule has 106 valence electrons. The van der Waals surface area contributed by atoms with Crippen LogP contribution in [0, 0.1) is 22.6 Å². The zero-order chi connectivity index (χ0) is 15.0. The average Bonchev–Trinajstić information content (AvgIpc) is 2.89. The van der Waals surface area contributed by atoms with Gasteiger partial charge in [0.1, 0.15) is 11.9 Å². The van der Waals surface area contributed by atoms with Gasteiger partial charge in [0.2, 0.25) is 0 Å². The summed E-state index contributed by atoms with van der Waals surface area (Å²) >= 11 is 3.28. The SMILES string of the molecule is N#CC1(C(O)c2cc(Br)ccc2F)Cc2ccccc2C1. The summed E-state index contributed by atoms with van der Waals surface area (Å²) in [5, 5.41) is 20.3. The van der Waals surface area contributed by atoms with Crippen LogP contribution in [0.25, 0.3) is 0 Å². The summed E-state index contributed by atoms with van der Waals surface area (Å²) in [4.78, 5) is 0. The van der Waals surface area contributed by atoms with Crippen LogP contribution >= 0.6 is 15.9 Å². The van der Waals surface area contributed by atoms with Gasteiger partial charge in [-0.15, -0.1) is 0 Å². The second-order valence-electron chi connectivity index (χ2n) is 5.46. The van der Waals surface area contributed by atoms with Crippen molar-refractivity contribution in [2.75, 3.05) is 0 Å². The number of hydrogen-bond acceptors (Lipinski definition) is 2. The Bertz CT molecular complexity index is 713. The second-order valence-corrected chi connectivity index (χ2v) is 6.37. The molecule has 1 aliphatic carbocycles. The van der Waals surface area contributed by atoms with E-state index in [0.717, 1.165) is 11.1 Å². The Balaban J connectivity index is 2.02. The molecule has 0 saturated carbocycles. The fourth-order valence-corrected chi connectivity index (χ4v) is 3.38. The molecule has 21 heavy (non-hydrogen) atoms. The van der Waals surface area contributed by atoms with Gasteiger partial charge in [0.05, 0.1) is 11.5 Å². The van der Waals surface area contributed by atoms with Gasteiger partial charge < -0.3 is 5.11 Å². The predicted octanol–water partition coefficient (Wildman–Crippen LogP) is 3.93. The monoisotopic (exact) mass is 345 g/mol. The Hall–Kier alpha value is -1.70. The zero-order valence-corrected chi connectivity index (χ0v) is 12.8. The van der Waals surface area contributed by atoms with Crippen LogP contribution in [0.2, 0.25) is 0 Å². The number of benzene rings is 2. The van der Waals surface area contributed by atoms with Crippen molar-refractivity contribution in [1.82, 2.24) is 0 Å². The van der Waals surface area contributed by atoms with Gasteiger partial charge in [-0.05, 0) is 42.2 Å². The number of hydrogen-bond donors (Lipinski definition) is 1. The largest absolute Gasteiger partial charge is 0.387 e. The minimum Gasteiger partial charge on any atom is -0.387 e. The Morgan fingerprint density at radius 2 is 1.81 bits per heavy atom. The lowest BCUT2D eigenvalue weighted by Gasteiger charge is -2.27. The minimum atomic E-state index is -1.16. The van der Waals surface area contributed by atoms with Crippen molar-refractivity contribution < 1.29 is 9.50 Å². The van der Waals surface area contributed by atoms with E-state index in [1.165, 1.54) is 6.07 Å². The summed E-state index contributed by atoms with van der Waals surface area (Å²) in [6, 6.07) is 14.4. The molecule has 0 amide bonds. The highest BCUT2D eigenvalue weighted by atomic mass is 79.9. The molecule has 0 radical (unpaired) electrons. The molecule has 3 rings (SSSR count). The van der Waals surface area contributed by atoms with E-state index in [-0.39, 0.29) is 5.56 Å². The summed E-state index contributed by atoms with van der Waals surface area (Å²) in [7, 11) is 0.